The second kappa shape index (κ2) is 9.47. The molecule has 0 unspecified atom stereocenters. The lowest BCUT2D eigenvalue weighted by molar-refractivity contribution is 0.623. The molecule has 5 aromatic rings. The minimum atomic E-state index is -0.227. The molecular weight excluding hydrogens is 477 g/mol. The van der Waals surface area contributed by atoms with E-state index in [-0.39, 0.29) is 5.82 Å². The summed E-state index contributed by atoms with van der Waals surface area (Å²) >= 11 is 6.08. The lowest BCUT2D eigenvalue weighted by Gasteiger charge is -2.36. The van der Waals surface area contributed by atoms with Gasteiger partial charge in [-0.1, -0.05) is 29.8 Å². The van der Waals surface area contributed by atoms with Gasteiger partial charge in [0.1, 0.15) is 11.6 Å². The SMILES string of the molecule is Fc1ccc(N2CCN(c3nc(Nc4ccc(Cl)cc4)c4cnn(-c5ccccc5)c4n3)CC2)cc1. The number of rotatable bonds is 5. The minimum Gasteiger partial charge on any atom is -0.368 e. The Morgan fingerprint density at radius 3 is 2.17 bits per heavy atom. The van der Waals surface area contributed by atoms with Crippen molar-refractivity contribution in [1.29, 1.82) is 0 Å². The fourth-order valence-corrected chi connectivity index (χ4v) is 4.50. The lowest BCUT2D eigenvalue weighted by atomic mass is 10.2. The van der Waals surface area contributed by atoms with Crippen LogP contribution in [-0.2, 0) is 0 Å². The summed E-state index contributed by atoms with van der Waals surface area (Å²) in [6, 6.07) is 24.1. The molecular formula is C27H23ClFN7. The van der Waals surface area contributed by atoms with E-state index < -0.39 is 0 Å². The highest BCUT2D eigenvalue weighted by molar-refractivity contribution is 6.30. The summed E-state index contributed by atoms with van der Waals surface area (Å²) in [5.74, 6) is 1.09. The van der Waals surface area contributed by atoms with E-state index in [9.17, 15) is 4.39 Å². The largest absolute Gasteiger partial charge is 0.368 e. The molecule has 0 spiro atoms. The van der Waals surface area contributed by atoms with Gasteiger partial charge in [0.25, 0.3) is 0 Å². The van der Waals surface area contributed by atoms with E-state index in [1.165, 1.54) is 12.1 Å². The topological polar surface area (TPSA) is 62.1 Å². The summed E-state index contributed by atoms with van der Waals surface area (Å²) in [6.07, 6.45) is 1.79. The smallest absolute Gasteiger partial charge is 0.229 e. The van der Waals surface area contributed by atoms with Crippen molar-refractivity contribution in [1.82, 2.24) is 19.7 Å². The molecule has 1 N–H and O–H groups in total. The van der Waals surface area contributed by atoms with Crippen LogP contribution in [0.4, 0.5) is 27.5 Å². The van der Waals surface area contributed by atoms with Crippen LogP contribution in [-0.4, -0.2) is 45.9 Å². The number of para-hydroxylation sites is 1. The van der Waals surface area contributed by atoms with E-state index in [0.29, 0.717) is 16.8 Å². The molecule has 1 aliphatic heterocycles. The Morgan fingerprint density at radius 1 is 0.750 bits per heavy atom. The molecule has 3 heterocycles. The number of fused-ring (bicyclic) bond motifs is 1. The fourth-order valence-electron chi connectivity index (χ4n) is 4.38. The Balaban J connectivity index is 1.35. The number of nitrogens with one attached hydrogen (secondary N) is 1. The van der Waals surface area contributed by atoms with Crippen molar-refractivity contribution in [3.05, 3.63) is 95.9 Å². The molecule has 0 aliphatic carbocycles. The Kier molecular flexibility index (Phi) is 5.87. The van der Waals surface area contributed by atoms with Gasteiger partial charge in [-0.2, -0.15) is 15.1 Å². The molecule has 2 aromatic heterocycles. The molecule has 9 heteroatoms. The molecule has 0 saturated carbocycles. The summed E-state index contributed by atoms with van der Waals surface area (Å²) in [5.41, 5.74) is 3.54. The average molecular weight is 500 g/mol. The van der Waals surface area contributed by atoms with Crippen molar-refractivity contribution in [2.75, 3.05) is 41.3 Å². The molecule has 36 heavy (non-hydrogen) atoms. The number of hydrogen-bond donors (Lipinski definition) is 1. The molecule has 1 fully saturated rings. The molecule has 180 valence electrons. The average Bonchev–Trinajstić information content (AvgIpc) is 3.35. The highest BCUT2D eigenvalue weighted by Gasteiger charge is 2.22. The number of piperazine rings is 1. The van der Waals surface area contributed by atoms with E-state index in [1.807, 2.05) is 71.4 Å². The quantitative estimate of drug-likeness (QED) is 0.336. The molecule has 1 aliphatic rings. The summed E-state index contributed by atoms with van der Waals surface area (Å²) in [5, 5.41) is 9.54. The zero-order chi connectivity index (χ0) is 24.5. The first-order valence-electron chi connectivity index (χ1n) is 11.7. The number of nitrogens with zero attached hydrogens (tertiary/aromatic N) is 6. The van der Waals surface area contributed by atoms with Crippen LogP contribution in [0, 0.1) is 5.82 Å². The summed E-state index contributed by atoms with van der Waals surface area (Å²) < 4.78 is 15.2. The molecule has 0 amide bonds. The maximum absolute atomic E-state index is 13.3. The third kappa shape index (κ3) is 4.43. The van der Waals surface area contributed by atoms with Crippen LogP contribution in [0.3, 0.4) is 0 Å². The van der Waals surface area contributed by atoms with Gasteiger partial charge in [0, 0.05) is 42.6 Å². The Bertz CT molecular complexity index is 1480. The number of benzene rings is 3. The van der Waals surface area contributed by atoms with Gasteiger partial charge >= 0.3 is 0 Å². The predicted octanol–water partition coefficient (Wildman–Crippen LogP) is 5.68. The van der Waals surface area contributed by atoms with Gasteiger partial charge in [-0.25, -0.2) is 9.07 Å². The molecule has 1 saturated heterocycles. The molecule has 6 rings (SSSR count). The first-order chi connectivity index (χ1) is 17.6. The molecule has 0 atom stereocenters. The van der Waals surface area contributed by atoms with E-state index >= 15 is 0 Å². The van der Waals surface area contributed by atoms with Crippen LogP contribution in [0.15, 0.2) is 85.1 Å². The number of anilines is 4. The van der Waals surface area contributed by atoms with Crippen molar-refractivity contribution >= 4 is 45.8 Å². The molecule has 3 aromatic carbocycles. The van der Waals surface area contributed by atoms with Crippen molar-refractivity contribution in [2.45, 2.75) is 0 Å². The van der Waals surface area contributed by atoms with E-state index in [1.54, 1.807) is 6.20 Å². The van der Waals surface area contributed by atoms with Crippen LogP contribution in [0.25, 0.3) is 16.7 Å². The van der Waals surface area contributed by atoms with Crippen molar-refractivity contribution in [3.8, 4) is 5.69 Å². The van der Waals surface area contributed by atoms with E-state index in [2.05, 4.69) is 20.2 Å². The third-order valence-electron chi connectivity index (χ3n) is 6.28. The number of halogens is 2. The Labute approximate surface area is 212 Å². The molecule has 7 nitrogen and oxygen atoms in total. The van der Waals surface area contributed by atoms with Crippen molar-refractivity contribution in [2.24, 2.45) is 0 Å². The number of aromatic nitrogens is 4. The van der Waals surface area contributed by atoms with E-state index in [0.717, 1.165) is 54.3 Å². The van der Waals surface area contributed by atoms with E-state index in [4.69, 9.17) is 21.6 Å². The zero-order valence-electron chi connectivity index (χ0n) is 19.4. The Hall–Kier alpha value is -4.17. The van der Waals surface area contributed by atoms with Crippen LogP contribution in [0.5, 0.6) is 0 Å². The monoisotopic (exact) mass is 499 g/mol. The molecule has 0 radical (unpaired) electrons. The van der Waals surface area contributed by atoms with Crippen LogP contribution < -0.4 is 15.1 Å². The van der Waals surface area contributed by atoms with Crippen LogP contribution in [0.2, 0.25) is 5.02 Å². The van der Waals surface area contributed by atoms with Gasteiger partial charge in [-0.3, -0.25) is 0 Å². The van der Waals surface area contributed by atoms with Gasteiger partial charge < -0.3 is 15.1 Å². The maximum Gasteiger partial charge on any atom is 0.229 e. The second-order valence-corrected chi connectivity index (χ2v) is 9.02. The van der Waals surface area contributed by atoms with Crippen molar-refractivity contribution < 1.29 is 4.39 Å². The lowest BCUT2D eigenvalue weighted by Crippen LogP contribution is -2.47. The van der Waals surface area contributed by atoms with Crippen LogP contribution in [0.1, 0.15) is 0 Å². The molecule has 0 bridgehead atoms. The minimum absolute atomic E-state index is 0.227. The second-order valence-electron chi connectivity index (χ2n) is 8.58. The van der Waals surface area contributed by atoms with Gasteiger partial charge in [0.05, 0.1) is 17.3 Å². The van der Waals surface area contributed by atoms with Crippen LogP contribution >= 0.6 is 11.6 Å². The van der Waals surface area contributed by atoms with Gasteiger partial charge in [-0.15, -0.1) is 0 Å². The summed E-state index contributed by atoms with van der Waals surface area (Å²) in [4.78, 5) is 14.3. The predicted molar refractivity (Wildman–Crippen MR) is 142 cm³/mol. The van der Waals surface area contributed by atoms with Crippen molar-refractivity contribution in [3.63, 3.8) is 0 Å². The maximum atomic E-state index is 13.3. The zero-order valence-corrected chi connectivity index (χ0v) is 20.1. The summed E-state index contributed by atoms with van der Waals surface area (Å²) in [7, 11) is 0. The third-order valence-corrected chi connectivity index (χ3v) is 6.53. The van der Waals surface area contributed by atoms with Gasteiger partial charge in [0.15, 0.2) is 5.65 Å². The summed E-state index contributed by atoms with van der Waals surface area (Å²) in [6.45, 7) is 3.04. The number of hydrogen-bond acceptors (Lipinski definition) is 6. The van der Waals surface area contributed by atoms with Gasteiger partial charge in [0.2, 0.25) is 5.95 Å². The highest BCUT2D eigenvalue weighted by Crippen LogP contribution is 2.29. The highest BCUT2D eigenvalue weighted by atomic mass is 35.5. The standard InChI is InChI=1S/C27H23ClFN7/c28-19-6-10-21(11-7-19)31-25-24-18-30-36(23-4-2-1-3-5-23)26(24)33-27(32-25)35-16-14-34(15-17-35)22-12-8-20(29)9-13-22/h1-13,18H,14-17H2,(H,31,32,33). The van der Waals surface area contributed by atoms with Gasteiger partial charge in [-0.05, 0) is 60.7 Å². The first-order valence-corrected chi connectivity index (χ1v) is 12.1. The first kappa shape index (κ1) is 22.3. The fraction of sp³-hybridized carbons (Fsp3) is 0.148. The Morgan fingerprint density at radius 2 is 1.44 bits per heavy atom. The normalized spacial score (nSPS) is 13.8.